The van der Waals surface area contributed by atoms with E-state index in [0.717, 1.165) is 12.0 Å². The zero-order valence-electron chi connectivity index (χ0n) is 14.9. The second-order valence-electron chi connectivity index (χ2n) is 6.75. The van der Waals surface area contributed by atoms with Crippen molar-refractivity contribution in [1.82, 2.24) is 15.5 Å². The Labute approximate surface area is 147 Å². The first-order valence-corrected chi connectivity index (χ1v) is 9.08. The second-order valence-corrected chi connectivity index (χ2v) is 8.04. The molecule has 0 fully saturated rings. The van der Waals surface area contributed by atoms with Crippen molar-refractivity contribution < 1.29 is 9.21 Å². The van der Waals surface area contributed by atoms with Crippen LogP contribution in [0.5, 0.6) is 0 Å². The summed E-state index contributed by atoms with van der Waals surface area (Å²) in [5.41, 5.74) is 2.24. The number of rotatable bonds is 6. The van der Waals surface area contributed by atoms with E-state index in [4.69, 9.17) is 4.42 Å². The van der Waals surface area contributed by atoms with Crippen LogP contribution in [0.3, 0.4) is 0 Å². The van der Waals surface area contributed by atoms with Crippen molar-refractivity contribution in [1.29, 1.82) is 0 Å². The quantitative estimate of drug-likeness (QED) is 0.799. The summed E-state index contributed by atoms with van der Waals surface area (Å²) in [6, 6.07) is 8.13. The van der Waals surface area contributed by atoms with E-state index < -0.39 is 0 Å². The molecule has 5 nitrogen and oxygen atoms in total. The van der Waals surface area contributed by atoms with Gasteiger partial charge in [0.2, 0.25) is 11.8 Å². The van der Waals surface area contributed by atoms with Crippen LogP contribution < -0.4 is 5.32 Å². The highest BCUT2D eigenvalue weighted by atomic mass is 32.2. The van der Waals surface area contributed by atoms with Gasteiger partial charge in [-0.3, -0.25) is 4.79 Å². The minimum atomic E-state index is -0.270. The number of hydrogen-bond acceptors (Lipinski definition) is 5. The first-order chi connectivity index (χ1) is 11.3. The molecule has 1 amide bonds. The maximum atomic E-state index is 11.9. The molecular weight excluding hydrogens is 322 g/mol. The van der Waals surface area contributed by atoms with Gasteiger partial charge in [-0.25, -0.2) is 0 Å². The summed E-state index contributed by atoms with van der Waals surface area (Å²) < 4.78 is 5.68. The molecule has 0 unspecified atom stereocenters. The Balaban J connectivity index is 2.04. The van der Waals surface area contributed by atoms with E-state index >= 15 is 0 Å². The minimum absolute atomic E-state index is 0.0175. The highest BCUT2D eigenvalue weighted by Crippen LogP contribution is 2.28. The summed E-state index contributed by atoms with van der Waals surface area (Å²) in [7, 11) is 0. The number of aromatic nitrogens is 2. The van der Waals surface area contributed by atoms with Crippen molar-refractivity contribution in [3.8, 4) is 11.5 Å². The highest BCUT2D eigenvalue weighted by Gasteiger charge is 2.19. The number of nitrogens with one attached hydrogen (secondary N) is 1. The van der Waals surface area contributed by atoms with E-state index in [1.54, 1.807) is 0 Å². The van der Waals surface area contributed by atoms with Crippen molar-refractivity contribution in [3.63, 3.8) is 0 Å². The number of carbonyl (C=O) groups excluding carboxylic acids is 1. The molecule has 1 atom stereocenters. The predicted octanol–water partition coefficient (Wildman–Crippen LogP) is 4.04. The van der Waals surface area contributed by atoms with Crippen LogP contribution >= 0.6 is 11.8 Å². The largest absolute Gasteiger partial charge is 0.411 e. The molecule has 2 aromatic rings. The monoisotopic (exact) mass is 347 g/mol. The molecule has 24 heavy (non-hydrogen) atoms. The van der Waals surface area contributed by atoms with E-state index in [1.165, 1.54) is 17.3 Å². The number of hydrogen-bond donors (Lipinski definition) is 1. The Morgan fingerprint density at radius 2 is 1.92 bits per heavy atom. The molecule has 1 aromatic carbocycles. The first-order valence-electron chi connectivity index (χ1n) is 8.20. The lowest BCUT2D eigenvalue weighted by Gasteiger charge is -2.18. The average Bonchev–Trinajstić information content (AvgIpc) is 3.00. The minimum Gasteiger partial charge on any atom is -0.411 e. The van der Waals surface area contributed by atoms with Crippen molar-refractivity contribution in [2.75, 3.05) is 6.54 Å². The molecule has 1 N–H and O–H groups in total. The average molecular weight is 347 g/mol. The zero-order valence-corrected chi connectivity index (χ0v) is 15.7. The van der Waals surface area contributed by atoms with Crippen LogP contribution in [0.1, 0.15) is 46.6 Å². The number of benzene rings is 1. The first kappa shape index (κ1) is 18.5. The molecule has 0 saturated heterocycles. The third kappa shape index (κ3) is 4.84. The van der Waals surface area contributed by atoms with Gasteiger partial charge in [-0.15, -0.1) is 10.2 Å². The smallest absolute Gasteiger partial charge is 0.277 e. The van der Waals surface area contributed by atoms with Crippen LogP contribution in [-0.2, 0) is 10.2 Å². The summed E-state index contributed by atoms with van der Waals surface area (Å²) in [5, 5.41) is 11.1. The van der Waals surface area contributed by atoms with Gasteiger partial charge in [-0.05, 0) is 36.5 Å². The SMILES string of the molecule is CCCNC(=O)[C@@H](C)Sc1nnc(-c2ccc(C(C)(C)C)cc2)o1. The predicted molar refractivity (Wildman–Crippen MR) is 97.1 cm³/mol. The van der Waals surface area contributed by atoms with Gasteiger partial charge in [0.05, 0.1) is 5.25 Å². The lowest BCUT2D eigenvalue weighted by Crippen LogP contribution is -2.31. The molecule has 2 rings (SSSR count). The lowest BCUT2D eigenvalue weighted by atomic mass is 9.87. The molecule has 130 valence electrons. The summed E-state index contributed by atoms with van der Waals surface area (Å²) in [4.78, 5) is 11.9. The van der Waals surface area contributed by atoms with Crippen LogP contribution in [0.25, 0.3) is 11.5 Å². The van der Waals surface area contributed by atoms with Gasteiger partial charge in [-0.1, -0.05) is 51.6 Å². The molecule has 0 aliphatic heterocycles. The molecule has 0 aliphatic carbocycles. The third-order valence-electron chi connectivity index (χ3n) is 3.60. The highest BCUT2D eigenvalue weighted by molar-refractivity contribution is 8.00. The van der Waals surface area contributed by atoms with Gasteiger partial charge < -0.3 is 9.73 Å². The number of nitrogens with zero attached hydrogens (tertiary/aromatic N) is 2. The van der Waals surface area contributed by atoms with Gasteiger partial charge in [0.1, 0.15) is 0 Å². The fourth-order valence-corrected chi connectivity index (χ4v) is 2.79. The normalized spacial score (nSPS) is 12.9. The Bertz CT molecular complexity index is 674. The molecule has 0 radical (unpaired) electrons. The summed E-state index contributed by atoms with van der Waals surface area (Å²) in [5.74, 6) is 0.454. The summed E-state index contributed by atoms with van der Waals surface area (Å²) >= 11 is 1.27. The van der Waals surface area contributed by atoms with Gasteiger partial charge in [-0.2, -0.15) is 0 Å². The Morgan fingerprint density at radius 3 is 2.50 bits per heavy atom. The molecule has 1 heterocycles. The van der Waals surface area contributed by atoms with Crippen molar-refractivity contribution in [3.05, 3.63) is 29.8 Å². The molecule has 0 saturated carbocycles. The van der Waals surface area contributed by atoms with Gasteiger partial charge >= 0.3 is 0 Å². The number of amides is 1. The van der Waals surface area contributed by atoms with E-state index in [0.29, 0.717) is 17.7 Å². The molecule has 0 spiro atoms. The summed E-state index contributed by atoms with van der Waals surface area (Å²) in [6.45, 7) is 11.1. The number of carbonyl (C=O) groups is 1. The van der Waals surface area contributed by atoms with Crippen LogP contribution in [0.15, 0.2) is 33.9 Å². The van der Waals surface area contributed by atoms with Crippen LogP contribution in [-0.4, -0.2) is 27.9 Å². The number of thioether (sulfide) groups is 1. The Kier molecular flexibility index (Phi) is 6.04. The van der Waals surface area contributed by atoms with Gasteiger partial charge in [0.15, 0.2) is 0 Å². The van der Waals surface area contributed by atoms with Crippen LogP contribution in [0.4, 0.5) is 0 Å². The fourth-order valence-electron chi connectivity index (χ4n) is 2.08. The van der Waals surface area contributed by atoms with E-state index in [9.17, 15) is 4.79 Å². The maximum Gasteiger partial charge on any atom is 0.277 e. The van der Waals surface area contributed by atoms with Gasteiger partial charge in [0, 0.05) is 12.1 Å². The molecule has 6 heteroatoms. The topological polar surface area (TPSA) is 68.0 Å². The lowest BCUT2D eigenvalue weighted by molar-refractivity contribution is -0.120. The second kappa shape index (κ2) is 7.83. The molecule has 1 aromatic heterocycles. The van der Waals surface area contributed by atoms with E-state index in [2.05, 4.69) is 48.4 Å². The van der Waals surface area contributed by atoms with Crippen molar-refractivity contribution in [2.24, 2.45) is 0 Å². The van der Waals surface area contributed by atoms with Gasteiger partial charge in [0.25, 0.3) is 5.22 Å². The molecular formula is C18H25N3O2S. The zero-order chi connectivity index (χ0) is 17.7. The standard InChI is InChI=1S/C18H25N3O2S/c1-6-11-19-15(22)12(2)24-17-21-20-16(23-17)13-7-9-14(10-8-13)18(3,4)5/h7-10,12H,6,11H2,1-5H3,(H,19,22)/t12-/m1/s1. The summed E-state index contributed by atoms with van der Waals surface area (Å²) in [6.07, 6.45) is 0.915. The Hall–Kier alpha value is -1.82. The van der Waals surface area contributed by atoms with E-state index in [-0.39, 0.29) is 16.6 Å². The van der Waals surface area contributed by atoms with Crippen molar-refractivity contribution in [2.45, 2.75) is 56.9 Å². The van der Waals surface area contributed by atoms with Crippen LogP contribution in [0.2, 0.25) is 0 Å². The third-order valence-corrected chi connectivity index (χ3v) is 4.53. The fraction of sp³-hybridized carbons (Fsp3) is 0.500. The van der Waals surface area contributed by atoms with Crippen molar-refractivity contribution >= 4 is 17.7 Å². The molecule has 0 aliphatic rings. The Morgan fingerprint density at radius 1 is 1.25 bits per heavy atom. The van der Waals surface area contributed by atoms with E-state index in [1.807, 2.05) is 26.0 Å². The van der Waals surface area contributed by atoms with Crippen LogP contribution in [0, 0.1) is 0 Å². The molecule has 0 bridgehead atoms. The maximum absolute atomic E-state index is 11.9.